The maximum atomic E-state index is 14.0. The lowest BCUT2D eigenvalue weighted by Crippen LogP contribution is -2.35. The average molecular weight is 911 g/mol. The number of phenolic OH excluding ortho intramolecular Hbond substituents is 1. The number of thiophene rings is 1. The lowest BCUT2D eigenvalue weighted by Gasteiger charge is -2.32. The van der Waals surface area contributed by atoms with E-state index in [1.54, 1.807) is 23.5 Å². The largest absolute Gasteiger partial charge is 0.506 e. The van der Waals surface area contributed by atoms with Crippen molar-refractivity contribution >= 4 is 34.5 Å². The molecule has 5 aromatic carbocycles. The van der Waals surface area contributed by atoms with Crippen LogP contribution in [0.25, 0.3) is 21.3 Å². The van der Waals surface area contributed by atoms with Gasteiger partial charge in [0.25, 0.3) is 0 Å². The standard InChI is InChI=1S/C33H36N2O2S.C20H19FN2O5/c1-34-22-30-15-16-31(38-30)28-13-8-14-29(21-28)32(27-11-6-3-7-12-27)33(36)37-24-26-17-19-35(20-18-26)23-25-9-4-2-5-10-25;1-28-18-7-11(6-15(21)14(18)10-24)8-22-9-17(26)12-2-4-16(25)20-13(12)3-5-19(27)23-20/h2-16,21,26,32,34H,17-20,22-24H2,1H3;2-7,10,17,22,25-26H,8-9H2,1H3,(H,23,27)/t;17-/m.0/s1. The van der Waals surface area contributed by atoms with Gasteiger partial charge in [-0.3, -0.25) is 19.3 Å². The Balaban J connectivity index is 0.000000206. The number of rotatable bonds is 17. The van der Waals surface area contributed by atoms with Crippen molar-refractivity contribution in [2.45, 2.75) is 44.5 Å². The summed E-state index contributed by atoms with van der Waals surface area (Å²) in [7, 11) is 3.31. The molecule has 0 amide bonds. The van der Waals surface area contributed by atoms with E-state index < -0.39 is 17.8 Å². The van der Waals surface area contributed by atoms with Crippen LogP contribution in [0.3, 0.4) is 0 Å². The van der Waals surface area contributed by atoms with Crippen molar-refractivity contribution in [1.29, 1.82) is 0 Å². The fourth-order valence-corrected chi connectivity index (χ4v) is 9.28. The number of aldehydes is 1. The summed E-state index contributed by atoms with van der Waals surface area (Å²) in [4.78, 5) is 43.5. The summed E-state index contributed by atoms with van der Waals surface area (Å²) >= 11 is 1.78. The van der Waals surface area contributed by atoms with Crippen molar-refractivity contribution in [1.82, 2.24) is 20.5 Å². The second-order valence-corrected chi connectivity index (χ2v) is 17.5. The second-order valence-electron chi connectivity index (χ2n) is 16.3. The number of fused-ring (bicyclic) bond motifs is 1. The molecular formula is C53H55FN4O7S. The Kier molecular flexibility index (Phi) is 16.6. The van der Waals surface area contributed by atoms with Gasteiger partial charge in [-0.2, -0.15) is 0 Å². The number of phenols is 1. The van der Waals surface area contributed by atoms with Crippen LogP contribution in [-0.4, -0.2) is 72.8 Å². The molecule has 2 atom stereocenters. The number of hydrogen-bond donors (Lipinski definition) is 5. The number of aromatic nitrogens is 1. The van der Waals surface area contributed by atoms with E-state index in [0.29, 0.717) is 35.3 Å². The van der Waals surface area contributed by atoms with E-state index in [-0.39, 0.29) is 47.2 Å². The highest BCUT2D eigenvalue weighted by molar-refractivity contribution is 7.15. The summed E-state index contributed by atoms with van der Waals surface area (Å²) in [5, 5.41) is 27.2. The molecule has 5 N–H and O–H groups in total. The molecule has 0 radical (unpaired) electrons. The Labute approximate surface area is 387 Å². The number of piperidine rings is 1. The Morgan fingerprint density at radius 3 is 2.36 bits per heavy atom. The van der Waals surface area contributed by atoms with Gasteiger partial charge in [-0.15, -0.1) is 11.3 Å². The number of aromatic hydroxyl groups is 1. The Morgan fingerprint density at radius 2 is 1.64 bits per heavy atom. The quantitative estimate of drug-likeness (QED) is 0.0443. The zero-order valence-electron chi connectivity index (χ0n) is 37.0. The number of carbonyl (C=O) groups excluding carboxylic acids is 2. The first-order chi connectivity index (χ1) is 32.1. The van der Waals surface area contributed by atoms with Gasteiger partial charge in [0.05, 0.1) is 30.9 Å². The van der Waals surface area contributed by atoms with E-state index in [1.165, 1.54) is 46.7 Å². The van der Waals surface area contributed by atoms with Crippen LogP contribution in [0, 0.1) is 11.7 Å². The molecule has 0 spiro atoms. The molecule has 342 valence electrons. The third kappa shape index (κ3) is 12.2. The van der Waals surface area contributed by atoms with Crippen LogP contribution in [0.15, 0.2) is 138 Å². The molecule has 1 aliphatic heterocycles. The molecule has 8 rings (SSSR count). The van der Waals surface area contributed by atoms with Gasteiger partial charge in [0.15, 0.2) is 6.29 Å². The third-order valence-corrected chi connectivity index (χ3v) is 12.9. The highest BCUT2D eigenvalue weighted by atomic mass is 32.1. The highest BCUT2D eigenvalue weighted by Crippen LogP contribution is 2.34. The molecule has 0 bridgehead atoms. The van der Waals surface area contributed by atoms with Crippen LogP contribution in [-0.2, 0) is 29.2 Å². The van der Waals surface area contributed by atoms with E-state index in [4.69, 9.17) is 9.47 Å². The summed E-state index contributed by atoms with van der Waals surface area (Å²) in [5.41, 5.74) is 5.25. The fourth-order valence-electron chi connectivity index (χ4n) is 8.26. The summed E-state index contributed by atoms with van der Waals surface area (Å²) in [6, 6.07) is 41.9. The molecule has 0 aliphatic carbocycles. The van der Waals surface area contributed by atoms with Crippen molar-refractivity contribution in [3.8, 4) is 21.9 Å². The first-order valence-electron chi connectivity index (χ1n) is 22.0. The zero-order chi connectivity index (χ0) is 46.4. The van der Waals surface area contributed by atoms with Crippen molar-refractivity contribution in [3.63, 3.8) is 0 Å². The van der Waals surface area contributed by atoms with Crippen LogP contribution in [0.5, 0.6) is 11.5 Å². The molecule has 2 aromatic heterocycles. The number of likely N-dealkylation sites (tertiary alicyclic amines) is 1. The van der Waals surface area contributed by atoms with Gasteiger partial charge in [0.1, 0.15) is 23.2 Å². The normalized spacial score (nSPS) is 13.9. The topological polar surface area (TPSA) is 153 Å². The first-order valence-corrected chi connectivity index (χ1v) is 22.8. The Morgan fingerprint density at radius 1 is 0.894 bits per heavy atom. The average Bonchev–Trinajstić information content (AvgIpc) is 3.81. The van der Waals surface area contributed by atoms with Gasteiger partial charge in [-0.05, 0) is 115 Å². The van der Waals surface area contributed by atoms with Crippen LogP contribution >= 0.6 is 11.3 Å². The number of hydrogen-bond acceptors (Lipinski definition) is 11. The minimum atomic E-state index is -0.935. The Hall–Kier alpha value is -6.48. The number of nitrogens with zero attached hydrogens (tertiary/aromatic N) is 1. The highest BCUT2D eigenvalue weighted by Gasteiger charge is 2.27. The van der Waals surface area contributed by atoms with Crippen molar-refractivity contribution in [3.05, 3.63) is 188 Å². The second kappa shape index (κ2) is 23.1. The number of aromatic amines is 1. The number of benzene rings is 5. The number of H-pyrrole nitrogens is 1. The molecule has 0 saturated carbocycles. The molecule has 1 fully saturated rings. The first kappa shape index (κ1) is 47.5. The number of carbonyl (C=O) groups is 2. The number of nitrogens with one attached hydrogen (secondary N) is 3. The maximum absolute atomic E-state index is 14.0. The number of methoxy groups -OCH3 is 1. The third-order valence-electron chi connectivity index (χ3n) is 11.7. The molecule has 13 heteroatoms. The number of aliphatic hydroxyl groups is 1. The van der Waals surface area contributed by atoms with Crippen LogP contribution < -0.4 is 20.9 Å². The molecule has 1 aliphatic rings. The van der Waals surface area contributed by atoms with Gasteiger partial charge in [-0.1, -0.05) is 84.9 Å². The van der Waals surface area contributed by atoms with Crippen molar-refractivity contribution < 1.29 is 33.7 Å². The summed E-state index contributed by atoms with van der Waals surface area (Å²) < 4.78 is 25.0. The van der Waals surface area contributed by atoms with Gasteiger partial charge >= 0.3 is 5.97 Å². The van der Waals surface area contributed by atoms with Gasteiger partial charge < -0.3 is 35.3 Å². The maximum Gasteiger partial charge on any atom is 0.317 e. The monoisotopic (exact) mass is 910 g/mol. The summed E-state index contributed by atoms with van der Waals surface area (Å²) in [5.74, 6) is -0.825. The van der Waals surface area contributed by atoms with Crippen LogP contribution in [0.2, 0.25) is 0 Å². The Bertz CT molecular complexity index is 2760. The van der Waals surface area contributed by atoms with Gasteiger partial charge in [0, 0.05) is 47.4 Å². The molecular weight excluding hydrogens is 856 g/mol. The number of esters is 1. The fraction of sp³-hybridized carbons (Fsp3) is 0.264. The zero-order valence-corrected chi connectivity index (χ0v) is 37.9. The smallest absolute Gasteiger partial charge is 0.317 e. The lowest BCUT2D eigenvalue weighted by atomic mass is 9.90. The molecule has 1 saturated heterocycles. The van der Waals surface area contributed by atoms with E-state index in [2.05, 4.69) is 75.1 Å². The van der Waals surface area contributed by atoms with E-state index in [9.17, 15) is 29.0 Å². The molecule has 66 heavy (non-hydrogen) atoms. The number of halogens is 1. The van der Waals surface area contributed by atoms with Gasteiger partial charge in [-0.25, -0.2) is 4.39 Å². The summed E-state index contributed by atoms with van der Waals surface area (Å²) in [6.07, 6.45) is 1.57. The minimum Gasteiger partial charge on any atom is -0.506 e. The minimum absolute atomic E-state index is 0.0885. The van der Waals surface area contributed by atoms with Crippen LogP contribution in [0.4, 0.5) is 4.39 Å². The molecule has 7 aromatic rings. The van der Waals surface area contributed by atoms with E-state index in [1.807, 2.05) is 49.5 Å². The lowest BCUT2D eigenvalue weighted by molar-refractivity contribution is -0.146. The number of pyridine rings is 1. The number of ether oxygens (including phenoxy) is 2. The molecule has 3 heterocycles. The van der Waals surface area contributed by atoms with Gasteiger partial charge in [0.2, 0.25) is 5.56 Å². The van der Waals surface area contributed by atoms with E-state index >= 15 is 0 Å². The molecule has 11 nitrogen and oxygen atoms in total. The van der Waals surface area contributed by atoms with E-state index in [0.717, 1.165) is 55.7 Å². The van der Waals surface area contributed by atoms with Crippen LogP contribution in [0.1, 0.15) is 67.9 Å². The molecule has 1 unspecified atom stereocenters. The predicted molar refractivity (Wildman–Crippen MR) is 257 cm³/mol. The predicted octanol–water partition coefficient (Wildman–Crippen LogP) is 8.74. The van der Waals surface area contributed by atoms with Crippen molar-refractivity contribution in [2.75, 3.05) is 40.4 Å². The number of aliphatic hydroxyl groups excluding tert-OH is 1. The summed E-state index contributed by atoms with van der Waals surface area (Å²) in [6.45, 7) is 4.78. The SMILES string of the molecule is CNCc1ccc(-c2cccc(C(C(=O)OCC3CCN(Cc4ccccc4)CC3)c3ccccc3)c2)s1.COc1cc(CNC[C@H](O)c2ccc(O)c3[nH]c(=O)ccc23)cc(F)c1C=O. The van der Waals surface area contributed by atoms with Crippen molar-refractivity contribution in [2.24, 2.45) is 5.92 Å².